The van der Waals surface area contributed by atoms with Crippen LogP contribution in [0.15, 0.2) is 30.3 Å². The number of hydrogen-bond acceptors (Lipinski definition) is 3. The number of benzene rings is 1. The topological polar surface area (TPSA) is 38.0 Å². The highest BCUT2D eigenvalue weighted by Crippen LogP contribution is 2.21. The molecule has 0 bridgehead atoms. The first-order valence-corrected chi connectivity index (χ1v) is 7.90. The predicted molar refractivity (Wildman–Crippen MR) is 92.9 cm³/mol. The summed E-state index contributed by atoms with van der Waals surface area (Å²) in [5.74, 6) is 0. The Kier molecular flexibility index (Phi) is 4.78. The molecule has 106 valence electrons. The molecular formula is C16H20N2S2. The van der Waals surface area contributed by atoms with Gasteiger partial charge < -0.3 is 11.1 Å². The van der Waals surface area contributed by atoms with Gasteiger partial charge in [0.1, 0.15) is 4.99 Å². The van der Waals surface area contributed by atoms with Crippen LogP contribution >= 0.6 is 23.6 Å². The number of thiophene rings is 1. The van der Waals surface area contributed by atoms with Gasteiger partial charge in [-0.15, -0.1) is 11.3 Å². The largest absolute Gasteiger partial charge is 0.389 e. The van der Waals surface area contributed by atoms with Crippen LogP contribution in [-0.4, -0.2) is 11.0 Å². The smallest absolute Gasteiger partial charge is 0.106 e. The van der Waals surface area contributed by atoms with Crippen molar-refractivity contribution in [2.45, 2.75) is 33.2 Å². The summed E-state index contributed by atoms with van der Waals surface area (Å²) in [5.41, 5.74) is 8.92. The number of nitrogens with one attached hydrogen (secondary N) is 1. The first-order chi connectivity index (χ1) is 9.45. The highest BCUT2D eigenvalue weighted by Gasteiger charge is 2.10. The molecule has 1 aromatic carbocycles. The van der Waals surface area contributed by atoms with Crippen LogP contribution in [0.4, 0.5) is 5.69 Å². The molecule has 0 fully saturated rings. The van der Waals surface area contributed by atoms with Crippen LogP contribution in [0, 0.1) is 13.8 Å². The third kappa shape index (κ3) is 3.81. The average molecular weight is 304 g/mol. The second-order valence-electron chi connectivity index (χ2n) is 5.18. The summed E-state index contributed by atoms with van der Waals surface area (Å²) in [6.07, 6.45) is 1.00. The molecule has 1 unspecified atom stereocenters. The van der Waals surface area contributed by atoms with Crippen LogP contribution < -0.4 is 11.1 Å². The standard InChI is InChI=1S/C16H20N2S2/c1-10-4-7-15(14(8-10)16(17)19)18-11(2)9-13-6-5-12(3)20-13/h4-8,11,18H,9H2,1-3H3,(H2,17,19). The highest BCUT2D eigenvalue weighted by molar-refractivity contribution is 7.80. The SMILES string of the molecule is Cc1ccc(NC(C)Cc2ccc(C)s2)c(C(N)=S)c1. The molecule has 2 nitrogen and oxygen atoms in total. The van der Waals surface area contributed by atoms with E-state index in [0.29, 0.717) is 11.0 Å². The third-order valence-electron chi connectivity index (χ3n) is 3.15. The zero-order chi connectivity index (χ0) is 14.7. The molecule has 0 spiro atoms. The van der Waals surface area contributed by atoms with E-state index in [1.807, 2.05) is 24.3 Å². The van der Waals surface area contributed by atoms with Gasteiger partial charge in [0.05, 0.1) is 0 Å². The van der Waals surface area contributed by atoms with Gasteiger partial charge in [-0.25, -0.2) is 0 Å². The van der Waals surface area contributed by atoms with Crippen molar-refractivity contribution in [2.24, 2.45) is 5.73 Å². The van der Waals surface area contributed by atoms with Gasteiger partial charge in [0.25, 0.3) is 0 Å². The molecule has 0 aliphatic heterocycles. The molecule has 1 heterocycles. The van der Waals surface area contributed by atoms with Crippen LogP contribution in [0.1, 0.15) is 27.8 Å². The average Bonchev–Trinajstić information content (AvgIpc) is 2.76. The molecular weight excluding hydrogens is 284 g/mol. The monoisotopic (exact) mass is 304 g/mol. The van der Waals surface area contributed by atoms with E-state index in [-0.39, 0.29) is 0 Å². The molecule has 0 saturated carbocycles. The molecule has 4 heteroatoms. The number of hydrogen-bond donors (Lipinski definition) is 2. The Bertz CT molecular complexity index is 617. The second kappa shape index (κ2) is 6.37. The van der Waals surface area contributed by atoms with Crippen molar-refractivity contribution in [3.63, 3.8) is 0 Å². The summed E-state index contributed by atoms with van der Waals surface area (Å²) >= 11 is 6.98. The van der Waals surface area contributed by atoms with E-state index in [0.717, 1.165) is 17.7 Å². The lowest BCUT2D eigenvalue weighted by molar-refractivity contribution is 0.800. The van der Waals surface area contributed by atoms with Gasteiger partial charge >= 0.3 is 0 Å². The molecule has 3 N–H and O–H groups in total. The number of rotatable bonds is 5. The van der Waals surface area contributed by atoms with E-state index in [1.165, 1.54) is 15.3 Å². The molecule has 2 rings (SSSR count). The van der Waals surface area contributed by atoms with Gasteiger partial charge in [-0.1, -0.05) is 23.8 Å². The van der Waals surface area contributed by atoms with Crippen molar-refractivity contribution in [2.75, 3.05) is 5.32 Å². The maximum atomic E-state index is 5.81. The lowest BCUT2D eigenvalue weighted by Crippen LogP contribution is -2.21. The molecule has 1 aromatic heterocycles. The van der Waals surface area contributed by atoms with E-state index >= 15 is 0 Å². The minimum atomic E-state index is 0.337. The van der Waals surface area contributed by atoms with Crippen LogP contribution in [-0.2, 0) is 6.42 Å². The maximum Gasteiger partial charge on any atom is 0.106 e. The minimum Gasteiger partial charge on any atom is -0.389 e. The van der Waals surface area contributed by atoms with E-state index in [9.17, 15) is 0 Å². The zero-order valence-electron chi connectivity index (χ0n) is 12.1. The molecule has 0 aliphatic rings. The lowest BCUT2D eigenvalue weighted by Gasteiger charge is -2.17. The Labute approximate surface area is 130 Å². The van der Waals surface area contributed by atoms with Crippen molar-refractivity contribution in [3.8, 4) is 0 Å². The van der Waals surface area contributed by atoms with Crippen LogP contribution in [0.25, 0.3) is 0 Å². The summed E-state index contributed by atoms with van der Waals surface area (Å²) in [4.78, 5) is 3.19. The summed E-state index contributed by atoms with van der Waals surface area (Å²) in [6, 6.07) is 10.9. The molecule has 20 heavy (non-hydrogen) atoms. The first-order valence-electron chi connectivity index (χ1n) is 6.68. The normalized spacial score (nSPS) is 12.2. The Balaban J connectivity index is 2.11. The Hall–Kier alpha value is -1.39. The fourth-order valence-electron chi connectivity index (χ4n) is 2.20. The number of thiocarbonyl (C=S) groups is 1. The highest BCUT2D eigenvalue weighted by atomic mass is 32.1. The van der Waals surface area contributed by atoms with Crippen LogP contribution in [0.2, 0.25) is 0 Å². The molecule has 2 aromatic rings. The molecule has 0 aliphatic carbocycles. The van der Waals surface area contributed by atoms with E-state index in [4.69, 9.17) is 18.0 Å². The van der Waals surface area contributed by atoms with Gasteiger partial charge in [-0.05, 0) is 45.0 Å². The van der Waals surface area contributed by atoms with Crippen LogP contribution in [0.3, 0.4) is 0 Å². The first kappa shape index (κ1) is 15.0. The summed E-state index contributed by atoms with van der Waals surface area (Å²) in [5, 5.41) is 3.52. The van der Waals surface area contributed by atoms with E-state index < -0.39 is 0 Å². The second-order valence-corrected chi connectivity index (χ2v) is 6.99. The predicted octanol–water partition coefficient (Wildman–Crippen LogP) is 4.04. The Morgan fingerprint density at radius 3 is 2.65 bits per heavy atom. The van der Waals surface area contributed by atoms with Gasteiger partial charge in [-0.2, -0.15) is 0 Å². The van der Waals surface area contributed by atoms with E-state index in [1.54, 1.807) is 0 Å². The molecule has 0 amide bonds. The van der Waals surface area contributed by atoms with Crippen molar-refractivity contribution in [1.82, 2.24) is 0 Å². The number of aryl methyl sites for hydroxylation is 2. The third-order valence-corrected chi connectivity index (χ3v) is 4.39. The van der Waals surface area contributed by atoms with Crippen molar-refractivity contribution in [3.05, 3.63) is 51.2 Å². The molecule has 0 radical (unpaired) electrons. The molecule has 0 saturated heterocycles. The fraction of sp³-hybridized carbons (Fsp3) is 0.312. The fourth-order valence-corrected chi connectivity index (χ4v) is 3.39. The summed E-state index contributed by atoms with van der Waals surface area (Å²) in [7, 11) is 0. The summed E-state index contributed by atoms with van der Waals surface area (Å²) < 4.78 is 0. The lowest BCUT2D eigenvalue weighted by atomic mass is 10.1. The van der Waals surface area contributed by atoms with Crippen molar-refractivity contribution in [1.29, 1.82) is 0 Å². The number of anilines is 1. The van der Waals surface area contributed by atoms with Crippen molar-refractivity contribution < 1.29 is 0 Å². The Morgan fingerprint density at radius 1 is 1.30 bits per heavy atom. The minimum absolute atomic E-state index is 0.337. The quantitative estimate of drug-likeness (QED) is 0.819. The van der Waals surface area contributed by atoms with Gasteiger partial charge in [0.15, 0.2) is 0 Å². The van der Waals surface area contributed by atoms with Gasteiger partial charge in [0, 0.05) is 33.5 Å². The maximum absolute atomic E-state index is 5.81. The van der Waals surface area contributed by atoms with Crippen molar-refractivity contribution >= 4 is 34.2 Å². The number of nitrogens with two attached hydrogens (primary N) is 1. The van der Waals surface area contributed by atoms with Gasteiger partial charge in [0.2, 0.25) is 0 Å². The Morgan fingerprint density at radius 2 is 2.05 bits per heavy atom. The zero-order valence-corrected chi connectivity index (χ0v) is 13.7. The van der Waals surface area contributed by atoms with E-state index in [2.05, 4.69) is 43.4 Å². The molecule has 1 atom stereocenters. The van der Waals surface area contributed by atoms with Gasteiger partial charge in [-0.3, -0.25) is 0 Å². The van der Waals surface area contributed by atoms with Crippen LogP contribution in [0.5, 0.6) is 0 Å². The summed E-state index contributed by atoms with van der Waals surface area (Å²) in [6.45, 7) is 6.36.